The average Bonchev–Trinajstić information content (AvgIpc) is 3.21. The third-order valence-corrected chi connectivity index (χ3v) is 7.42. The standard InChI is InChI=1S/C27H34ClN3O3S/c1-18(2)15-23-26(21-9-10-22(28)19(3)16-21)30-27(35-23)31(17-20-7-5-4-6-8-20)14-12-24(32)29-13-11-25(33)34/h4-10,18-19H,11-17H2,1-3H3,(H,29,32)(H,33,34). The van der Waals surface area contributed by atoms with Crippen molar-refractivity contribution in [3.05, 3.63) is 63.7 Å². The fourth-order valence-corrected chi connectivity index (χ4v) is 5.40. The Morgan fingerprint density at radius 2 is 1.97 bits per heavy atom. The lowest BCUT2D eigenvalue weighted by atomic mass is 9.92. The topological polar surface area (TPSA) is 82.5 Å². The Bertz CT molecular complexity index is 1080. The molecular weight excluding hydrogens is 482 g/mol. The molecule has 0 radical (unpaired) electrons. The number of rotatable bonds is 12. The number of benzene rings is 1. The van der Waals surface area contributed by atoms with Crippen LogP contribution in [-0.2, 0) is 22.6 Å². The number of anilines is 1. The van der Waals surface area contributed by atoms with Gasteiger partial charge in [-0.25, -0.2) is 4.98 Å². The Labute approximate surface area is 216 Å². The number of nitrogens with one attached hydrogen (secondary N) is 1. The lowest BCUT2D eigenvalue weighted by Crippen LogP contribution is -2.31. The molecule has 0 bridgehead atoms. The normalized spacial score (nSPS) is 15.5. The predicted octanol–water partition coefficient (Wildman–Crippen LogP) is 5.88. The van der Waals surface area contributed by atoms with Crippen LogP contribution in [0.15, 0.2) is 47.5 Å². The summed E-state index contributed by atoms with van der Waals surface area (Å²) in [5.41, 5.74) is 3.38. The first kappa shape index (κ1) is 27.0. The Morgan fingerprint density at radius 3 is 2.63 bits per heavy atom. The Balaban J connectivity index is 1.86. The molecule has 0 saturated heterocycles. The van der Waals surface area contributed by atoms with Crippen molar-refractivity contribution in [2.24, 2.45) is 11.8 Å². The van der Waals surface area contributed by atoms with Crippen molar-refractivity contribution in [1.82, 2.24) is 10.3 Å². The van der Waals surface area contributed by atoms with Crippen molar-refractivity contribution in [3.8, 4) is 0 Å². The van der Waals surface area contributed by atoms with Crippen molar-refractivity contribution in [1.29, 1.82) is 0 Å². The molecule has 6 nitrogen and oxygen atoms in total. The maximum absolute atomic E-state index is 12.4. The first-order valence-electron chi connectivity index (χ1n) is 12.1. The van der Waals surface area contributed by atoms with Crippen molar-refractivity contribution >= 4 is 45.5 Å². The van der Waals surface area contributed by atoms with E-state index in [1.165, 1.54) is 10.5 Å². The van der Waals surface area contributed by atoms with Gasteiger partial charge in [0.25, 0.3) is 0 Å². The number of allylic oxidation sites excluding steroid dienone is 4. The van der Waals surface area contributed by atoms with Gasteiger partial charge in [-0.05, 0) is 41.9 Å². The number of hydrogen-bond acceptors (Lipinski definition) is 5. The fourth-order valence-electron chi connectivity index (χ4n) is 3.93. The van der Waals surface area contributed by atoms with Crippen molar-refractivity contribution < 1.29 is 14.7 Å². The highest BCUT2D eigenvalue weighted by Crippen LogP contribution is 2.38. The zero-order valence-corrected chi connectivity index (χ0v) is 22.2. The third-order valence-electron chi connectivity index (χ3n) is 5.78. The smallest absolute Gasteiger partial charge is 0.305 e. The summed E-state index contributed by atoms with van der Waals surface area (Å²) < 4.78 is 0. The molecule has 1 heterocycles. The molecule has 1 aromatic heterocycles. The number of carbonyl (C=O) groups excluding carboxylic acids is 1. The van der Waals surface area contributed by atoms with Gasteiger partial charge in [0.2, 0.25) is 5.91 Å². The quantitative estimate of drug-likeness (QED) is 0.369. The van der Waals surface area contributed by atoms with Crippen LogP contribution in [0.1, 0.15) is 56.2 Å². The highest BCUT2D eigenvalue weighted by Gasteiger charge is 2.23. The Morgan fingerprint density at radius 1 is 1.23 bits per heavy atom. The molecule has 0 spiro atoms. The van der Waals surface area contributed by atoms with Gasteiger partial charge in [-0.2, -0.15) is 0 Å². The molecule has 0 fully saturated rings. The first-order chi connectivity index (χ1) is 16.7. The minimum atomic E-state index is -0.925. The number of carbonyl (C=O) groups is 2. The van der Waals surface area contributed by atoms with Gasteiger partial charge in [0.05, 0.1) is 12.1 Å². The number of hydrogen-bond donors (Lipinski definition) is 2. The van der Waals surface area contributed by atoms with Gasteiger partial charge in [-0.3, -0.25) is 9.59 Å². The number of aromatic nitrogens is 1. The second-order valence-electron chi connectivity index (χ2n) is 9.37. The van der Waals surface area contributed by atoms with Crippen LogP contribution in [0.2, 0.25) is 0 Å². The summed E-state index contributed by atoms with van der Waals surface area (Å²) in [7, 11) is 0. The number of carboxylic acids is 1. The van der Waals surface area contributed by atoms with Crippen molar-refractivity contribution in [2.45, 2.75) is 53.0 Å². The second kappa shape index (κ2) is 12.9. The van der Waals surface area contributed by atoms with E-state index in [-0.39, 0.29) is 31.2 Å². The van der Waals surface area contributed by atoms with E-state index in [1.807, 2.05) is 24.3 Å². The van der Waals surface area contributed by atoms with Gasteiger partial charge in [0, 0.05) is 36.0 Å². The fraction of sp³-hybridized carbons (Fsp3) is 0.444. The largest absolute Gasteiger partial charge is 0.481 e. The molecule has 1 amide bonds. The molecular formula is C27H34ClN3O3S. The van der Waals surface area contributed by atoms with E-state index in [1.54, 1.807) is 11.3 Å². The second-order valence-corrected chi connectivity index (χ2v) is 10.9. The molecule has 1 aliphatic carbocycles. The van der Waals surface area contributed by atoms with E-state index < -0.39 is 5.97 Å². The average molecular weight is 516 g/mol. The first-order valence-corrected chi connectivity index (χ1v) is 13.3. The maximum atomic E-state index is 12.4. The van der Waals surface area contributed by atoms with Gasteiger partial charge in [-0.15, -0.1) is 11.3 Å². The summed E-state index contributed by atoms with van der Waals surface area (Å²) in [6, 6.07) is 10.1. The highest BCUT2D eigenvalue weighted by atomic mass is 35.5. The lowest BCUT2D eigenvalue weighted by molar-refractivity contribution is -0.136. The summed E-state index contributed by atoms with van der Waals surface area (Å²) >= 11 is 8.03. The number of amides is 1. The van der Waals surface area contributed by atoms with Gasteiger partial charge >= 0.3 is 5.97 Å². The van der Waals surface area contributed by atoms with Crippen LogP contribution in [0.4, 0.5) is 5.13 Å². The number of thiazole rings is 1. The van der Waals surface area contributed by atoms with E-state index in [2.05, 4.69) is 49.2 Å². The summed E-state index contributed by atoms with van der Waals surface area (Å²) in [4.78, 5) is 31.6. The predicted molar refractivity (Wildman–Crippen MR) is 144 cm³/mol. The molecule has 35 heavy (non-hydrogen) atoms. The number of halogens is 1. The molecule has 1 unspecified atom stereocenters. The lowest BCUT2D eigenvalue weighted by Gasteiger charge is -2.22. The van der Waals surface area contributed by atoms with E-state index >= 15 is 0 Å². The summed E-state index contributed by atoms with van der Waals surface area (Å²) in [5, 5.41) is 13.3. The monoisotopic (exact) mass is 515 g/mol. The molecule has 8 heteroatoms. The van der Waals surface area contributed by atoms with Gasteiger partial charge in [-0.1, -0.05) is 68.8 Å². The highest BCUT2D eigenvalue weighted by molar-refractivity contribution is 7.15. The molecule has 2 N–H and O–H groups in total. The summed E-state index contributed by atoms with van der Waals surface area (Å²) in [5.74, 6) is -0.326. The minimum absolute atomic E-state index is 0.0835. The van der Waals surface area contributed by atoms with Crippen molar-refractivity contribution in [2.75, 3.05) is 18.0 Å². The zero-order chi connectivity index (χ0) is 25.4. The van der Waals surface area contributed by atoms with Gasteiger partial charge < -0.3 is 15.3 Å². The van der Waals surface area contributed by atoms with Gasteiger partial charge in [0.15, 0.2) is 5.13 Å². The van der Waals surface area contributed by atoms with Crippen LogP contribution in [-0.4, -0.2) is 35.1 Å². The molecule has 188 valence electrons. The maximum Gasteiger partial charge on any atom is 0.305 e. The molecule has 0 saturated carbocycles. The number of carboxylic acid groups (broad SMARTS) is 1. The molecule has 1 aromatic carbocycles. The zero-order valence-electron chi connectivity index (χ0n) is 20.6. The number of aliphatic carboxylic acids is 1. The van der Waals surface area contributed by atoms with Crippen LogP contribution in [0, 0.1) is 11.8 Å². The molecule has 1 aliphatic rings. The molecule has 3 rings (SSSR count). The minimum Gasteiger partial charge on any atom is -0.481 e. The van der Waals surface area contributed by atoms with Crippen LogP contribution < -0.4 is 10.2 Å². The Kier molecular flexibility index (Phi) is 9.93. The van der Waals surface area contributed by atoms with Gasteiger partial charge in [0.1, 0.15) is 0 Å². The number of nitrogens with zero attached hydrogens (tertiary/aromatic N) is 2. The van der Waals surface area contributed by atoms with E-state index in [9.17, 15) is 9.59 Å². The van der Waals surface area contributed by atoms with Crippen LogP contribution in [0.25, 0.3) is 5.57 Å². The molecule has 1 atom stereocenters. The third kappa shape index (κ3) is 8.22. The van der Waals surface area contributed by atoms with Crippen molar-refractivity contribution in [3.63, 3.8) is 0 Å². The van der Waals surface area contributed by atoms with E-state index in [0.717, 1.165) is 34.3 Å². The van der Waals surface area contributed by atoms with E-state index in [0.29, 0.717) is 19.0 Å². The molecule has 2 aromatic rings. The van der Waals surface area contributed by atoms with E-state index in [4.69, 9.17) is 21.7 Å². The molecule has 0 aliphatic heterocycles. The van der Waals surface area contributed by atoms with Crippen LogP contribution >= 0.6 is 22.9 Å². The SMILES string of the molecule is CC(C)Cc1sc(N(CCC(=O)NCCC(=O)O)Cc2ccccc2)nc1C1=CC=C(Cl)C(C)C1. The van der Waals surface area contributed by atoms with Crippen LogP contribution in [0.5, 0.6) is 0 Å². The Hall–Kier alpha value is -2.64. The summed E-state index contributed by atoms with van der Waals surface area (Å²) in [6.45, 7) is 7.81. The van der Waals surface area contributed by atoms with Crippen LogP contribution in [0.3, 0.4) is 0 Å². The summed E-state index contributed by atoms with van der Waals surface area (Å²) in [6.07, 6.45) is 6.03.